The smallest absolute Gasteiger partial charge is 0.258 e. The Labute approximate surface area is 160 Å². The molecule has 148 valence electrons. The van der Waals surface area contributed by atoms with Crippen LogP contribution < -0.4 is 15.4 Å². The van der Waals surface area contributed by atoms with Crippen LogP contribution >= 0.6 is 0 Å². The van der Waals surface area contributed by atoms with Gasteiger partial charge in [-0.25, -0.2) is 0 Å². The van der Waals surface area contributed by atoms with Gasteiger partial charge < -0.3 is 25.4 Å². The first kappa shape index (κ1) is 19.6. The predicted molar refractivity (Wildman–Crippen MR) is 103 cm³/mol. The minimum absolute atomic E-state index is 0.0275. The average Bonchev–Trinajstić information content (AvgIpc) is 3.50. The number of rotatable bonds is 6. The number of carbonyl (C=O) groups excluding carboxylic acids is 2. The fourth-order valence-electron chi connectivity index (χ4n) is 3.37. The van der Waals surface area contributed by atoms with Gasteiger partial charge in [-0.2, -0.15) is 0 Å². The molecule has 1 fully saturated rings. The molecule has 27 heavy (non-hydrogen) atoms. The van der Waals surface area contributed by atoms with Crippen molar-refractivity contribution in [2.45, 2.75) is 38.8 Å². The van der Waals surface area contributed by atoms with Gasteiger partial charge in [-0.3, -0.25) is 9.59 Å². The van der Waals surface area contributed by atoms with E-state index in [9.17, 15) is 14.7 Å². The molecule has 1 aliphatic carbocycles. The molecule has 0 spiro atoms. The third kappa shape index (κ3) is 4.25. The summed E-state index contributed by atoms with van der Waals surface area (Å²) in [6.07, 6.45) is 1.64. The summed E-state index contributed by atoms with van der Waals surface area (Å²) in [5, 5.41) is 15.7. The van der Waals surface area contributed by atoms with Crippen LogP contribution in [0.5, 0.6) is 5.75 Å². The van der Waals surface area contributed by atoms with E-state index in [1.165, 1.54) is 0 Å². The van der Waals surface area contributed by atoms with E-state index in [-0.39, 0.29) is 42.4 Å². The monoisotopic (exact) mass is 375 g/mol. The van der Waals surface area contributed by atoms with Gasteiger partial charge >= 0.3 is 0 Å². The summed E-state index contributed by atoms with van der Waals surface area (Å²) in [5.74, 6) is 0.307. The topological polar surface area (TPSA) is 90.9 Å². The molecule has 1 aliphatic heterocycles. The number of likely N-dealkylation sites (N-methyl/N-ethyl adjacent to an activating group) is 1. The molecule has 1 saturated carbocycles. The van der Waals surface area contributed by atoms with Gasteiger partial charge in [0, 0.05) is 24.9 Å². The van der Waals surface area contributed by atoms with Crippen molar-refractivity contribution in [1.82, 2.24) is 10.2 Å². The summed E-state index contributed by atoms with van der Waals surface area (Å²) in [6.45, 7) is 4.86. The number of carbonyl (C=O) groups is 2. The van der Waals surface area contributed by atoms with Crippen molar-refractivity contribution in [2.75, 3.05) is 32.1 Å². The zero-order valence-electron chi connectivity index (χ0n) is 16.2. The quantitative estimate of drug-likeness (QED) is 0.701. The van der Waals surface area contributed by atoms with Crippen molar-refractivity contribution in [2.24, 2.45) is 11.8 Å². The van der Waals surface area contributed by atoms with Gasteiger partial charge in [0.15, 0.2) is 5.75 Å². The molecule has 3 rings (SSSR count). The fourth-order valence-corrected chi connectivity index (χ4v) is 3.37. The van der Waals surface area contributed by atoms with Crippen LogP contribution in [0.25, 0.3) is 0 Å². The van der Waals surface area contributed by atoms with Crippen LogP contribution in [0.1, 0.15) is 37.0 Å². The average molecular weight is 375 g/mol. The van der Waals surface area contributed by atoms with Crippen LogP contribution in [0.3, 0.4) is 0 Å². The lowest BCUT2D eigenvalue weighted by Gasteiger charge is -2.37. The molecule has 0 saturated heterocycles. The third-order valence-electron chi connectivity index (χ3n) is 5.30. The van der Waals surface area contributed by atoms with Crippen molar-refractivity contribution >= 4 is 17.5 Å². The summed E-state index contributed by atoms with van der Waals surface area (Å²) in [6, 6.07) is 4.94. The summed E-state index contributed by atoms with van der Waals surface area (Å²) in [5.41, 5.74) is 0.946. The Bertz CT molecular complexity index is 704. The number of aliphatic hydroxyl groups is 1. The van der Waals surface area contributed by atoms with E-state index < -0.39 is 0 Å². The van der Waals surface area contributed by atoms with E-state index in [2.05, 4.69) is 10.6 Å². The van der Waals surface area contributed by atoms with Gasteiger partial charge in [0.2, 0.25) is 5.91 Å². The lowest BCUT2D eigenvalue weighted by Crippen LogP contribution is -2.49. The summed E-state index contributed by atoms with van der Waals surface area (Å²) in [4.78, 5) is 27.2. The SMILES string of the molecule is CNC[C@H]1Oc2c(NC(=O)C3CC3)cccc2C(=O)N([C@H](C)CO)C[C@@H]1C. The van der Waals surface area contributed by atoms with E-state index in [1.807, 2.05) is 20.9 Å². The molecule has 0 unspecified atom stereocenters. The molecule has 2 aliphatic rings. The second kappa shape index (κ2) is 8.27. The number of anilines is 1. The van der Waals surface area contributed by atoms with E-state index in [0.29, 0.717) is 30.1 Å². The predicted octanol–water partition coefficient (Wildman–Crippen LogP) is 1.47. The highest BCUT2D eigenvalue weighted by Gasteiger charge is 2.35. The molecule has 3 N–H and O–H groups in total. The highest BCUT2D eigenvalue weighted by Crippen LogP contribution is 2.36. The van der Waals surface area contributed by atoms with E-state index in [1.54, 1.807) is 23.1 Å². The van der Waals surface area contributed by atoms with Gasteiger partial charge in [0.25, 0.3) is 5.91 Å². The number of aliphatic hydroxyl groups excluding tert-OH is 1. The first-order valence-corrected chi connectivity index (χ1v) is 9.63. The van der Waals surface area contributed by atoms with Crippen LogP contribution in [-0.2, 0) is 4.79 Å². The molecular formula is C20H29N3O4. The van der Waals surface area contributed by atoms with Crippen molar-refractivity contribution in [3.63, 3.8) is 0 Å². The number of nitrogens with zero attached hydrogens (tertiary/aromatic N) is 1. The van der Waals surface area contributed by atoms with Gasteiger partial charge in [-0.15, -0.1) is 0 Å². The molecule has 1 aromatic carbocycles. The minimum atomic E-state index is -0.300. The molecule has 1 heterocycles. The maximum atomic E-state index is 13.2. The molecule has 3 atom stereocenters. The first-order chi connectivity index (χ1) is 13.0. The van der Waals surface area contributed by atoms with E-state index >= 15 is 0 Å². The molecular weight excluding hydrogens is 346 g/mol. The van der Waals surface area contributed by atoms with Crippen LogP contribution in [-0.4, -0.2) is 60.7 Å². The number of hydrogen-bond donors (Lipinski definition) is 3. The highest BCUT2D eigenvalue weighted by molar-refractivity contribution is 6.02. The van der Waals surface area contributed by atoms with Gasteiger partial charge in [-0.05, 0) is 38.9 Å². The number of nitrogens with one attached hydrogen (secondary N) is 2. The molecule has 2 amide bonds. The van der Waals surface area contributed by atoms with Gasteiger partial charge in [0.1, 0.15) is 6.10 Å². The zero-order chi connectivity index (χ0) is 19.6. The number of fused-ring (bicyclic) bond motifs is 1. The standard InChI is InChI=1S/C20H29N3O4/c1-12-10-23(13(2)11-24)20(26)15-5-4-6-16(22-19(25)14-7-8-14)18(15)27-17(12)9-21-3/h4-6,12-14,17,21,24H,7-11H2,1-3H3,(H,22,25)/t12-,13+,17+/m0/s1. The lowest BCUT2D eigenvalue weighted by atomic mass is 9.99. The second-order valence-corrected chi connectivity index (χ2v) is 7.63. The summed E-state index contributed by atoms with van der Waals surface area (Å²) >= 11 is 0. The third-order valence-corrected chi connectivity index (χ3v) is 5.30. The van der Waals surface area contributed by atoms with Gasteiger partial charge in [-0.1, -0.05) is 13.0 Å². The van der Waals surface area contributed by atoms with Crippen LogP contribution in [0, 0.1) is 11.8 Å². The Morgan fingerprint density at radius 2 is 2.15 bits per heavy atom. The van der Waals surface area contributed by atoms with Crippen molar-refractivity contribution < 1.29 is 19.4 Å². The second-order valence-electron chi connectivity index (χ2n) is 7.63. The van der Waals surface area contributed by atoms with Crippen molar-refractivity contribution in [3.8, 4) is 5.75 Å². The maximum absolute atomic E-state index is 13.2. The Balaban J connectivity index is 2.01. The fraction of sp³-hybridized carbons (Fsp3) is 0.600. The molecule has 0 radical (unpaired) electrons. The van der Waals surface area contributed by atoms with Gasteiger partial charge in [0.05, 0.1) is 23.9 Å². The molecule has 0 bridgehead atoms. The lowest BCUT2D eigenvalue weighted by molar-refractivity contribution is -0.117. The van der Waals surface area contributed by atoms with Crippen molar-refractivity contribution in [3.05, 3.63) is 23.8 Å². The van der Waals surface area contributed by atoms with Crippen LogP contribution in [0.15, 0.2) is 18.2 Å². The largest absolute Gasteiger partial charge is 0.486 e. The Kier molecular flexibility index (Phi) is 6.01. The Hall–Kier alpha value is -2.12. The minimum Gasteiger partial charge on any atom is -0.486 e. The first-order valence-electron chi connectivity index (χ1n) is 9.63. The van der Waals surface area contributed by atoms with Crippen LogP contribution in [0.2, 0.25) is 0 Å². The summed E-state index contributed by atoms with van der Waals surface area (Å²) in [7, 11) is 1.86. The molecule has 7 nitrogen and oxygen atoms in total. The molecule has 0 aromatic heterocycles. The summed E-state index contributed by atoms with van der Waals surface area (Å²) < 4.78 is 6.27. The maximum Gasteiger partial charge on any atom is 0.258 e. The van der Waals surface area contributed by atoms with E-state index in [4.69, 9.17) is 4.74 Å². The normalized spacial score (nSPS) is 23.7. The van der Waals surface area contributed by atoms with E-state index in [0.717, 1.165) is 12.8 Å². The molecule has 1 aromatic rings. The van der Waals surface area contributed by atoms with Crippen molar-refractivity contribution in [1.29, 1.82) is 0 Å². The zero-order valence-corrected chi connectivity index (χ0v) is 16.2. The number of benzene rings is 1. The number of hydrogen-bond acceptors (Lipinski definition) is 5. The Morgan fingerprint density at radius 3 is 2.78 bits per heavy atom. The Morgan fingerprint density at radius 1 is 1.41 bits per heavy atom. The molecule has 7 heteroatoms. The number of ether oxygens (including phenoxy) is 1. The van der Waals surface area contributed by atoms with Crippen LogP contribution in [0.4, 0.5) is 5.69 Å². The number of amides is 2. The number of para-hydroxylation sites is 1. The highest BCUT2D eigenvalue weighted by atomic mass is 16.5.